The van der Waals surface area contributed by atoms with Crippen molar-refractivity contribution in [3.05, 3.63) is 29.8 Å². The number of nitriles is 1. The number of thioether (sulfide) groups is 1. The monoisotopic (exact) mass is 280 g/mol. The van der Waals surface area contributed by atoms with Gasteiger partial charge in [0.15, 0.2) is 0 Å². The number of aliphatic hydroxyl groups excluding tert-OH is 2. The van der Waals surface area contributed by atoms with Crippen LogP contribution in [-0.2, 0) is 0 Å². The summed E-state index contributed by atoms with van der Waals surface area (Å²) >= 11 is 1.27. The van der Waals surface area contributed by atoms with Crippen LogP contribution >= 0.6 is 11.8 Å². The maximum absolute atomic E-state index is 12.1. The van der Waals surface area contributed by atoms with Gasteiger partial charge < -0.3 is 15.5 Å². The molecule has 19 heavy (non-hydrogen) atoms. The number of hydrogen-bond acceptors (Lipinski definition) is 5. The van der Waals surface area contributed by atoms with E-state index in [1.807, 2.05) is 6.07 Å². The van der Waals surface area contributed by atoms with E-state index in [0.717, 1.165) is 0 Å². The number of benzene rings is 1. The summed E-state index contributed by atoms with van der Waals surface area (Å²) in [6.07, 6.45) is 0. The second-order valence-electron chi connectivity index (χ2n) is 4.27. The lowest BCUT2D eigenvalue weighted by Gasteiger charge is -2.26. The summed E-state index contributed by atoms with van der Waals surface area (Å²) in [6.45, 7) is 0.835. The summed E-state index contributed by atoms with van der Waals surface area (Å²) in [5.74, 6) is -0.131. The average Bonchev–Trinajstić information content (AvgIpc) is 2.45. The predicted octanol–water partition coefficient (Wildman–Crippen LogP) is 0.775. The topological polar surface area (TPSA) is 93.3 Å². The molecule has 1 rings (SSSR count). The van der Waals surface area contributed by atoms with Crippen molar-refractivity contribution >= 4 is 17.7 Å². The van der Waals surface area contributed by atoms with E-state index in [-0.39, 0.29) is 24.9 Å². The van der Waals surface area contributed by atoms with Crippen LogP contribution in [0.15, 0.2) is 29.2 Å². The van der Waals surface area contributed by atoms with E-state index in [2.05, 4.69) is 5.32 Å². The highest BCUT2D eigenvalue weighted by molar-refractivity contribution is 7.99. The van der Waals surface area contributed by atoms with Crippen molar-refractivity contribution in [3.63, 3.8) is 0 Å². The molecule has 0 saturated carbocycles. The minimum Gasteiger partial charge on any atom is -0.394 e. The molecule has 0 aromatic heterocycles. The Kier molecular flexibility index (Phi) is 5.83. The molecule has 0 aliphatic carbocycles. The Morgan fingerprint density at radius 1 is 1.42 bits per heavy atom. The first kappa shape index (κ1) is 15.5. The molecule has 0 aliphatic rings. The fourth-order valence-corrected chi connectivity index (χ4v) is 2.07. The van der Waals surface area contributed by atoms with E-state index in [1.54, 1.807) is 31.2 Å². The lowest BCUT2D eigenvalue weighted by Crippen LogP contribution is -2.51. The van der Waals surface area contributed by atoms with Crippen LogP contribution in [0, 0.1) is 11.3 Å². The molecule has 1 aromatic carbocycles. The van der Waals surface area contributed by atoms with E-state index < -0.39 is 5.54 Å². The zero-order valence-electron chi connectivity index (χ0n) is 10.6. The number of nitrogens with zero attached hydrogens (tertiary/aromatic N) is 1. The number of carbonyl (C=O) groups excluding carboxylic acids is 1. The van der Waals surface area contributed by atoms with Crippen molar-refractivity contribution in [2.24, 2.45) is 0 Å². The fraction of sp³-hybridized carbons (Fsp3) is 0.385. The smallest absolute Gasteiger partial charge is 0.252 e. The molecule has 0 radical (unpaired) electrons. The Labute approximate surface area is 116 Å². The predicted molar refractivity (Wildman–Crippen MR) is 72.8 cm³/mol. The third kappa shape index (κ3) is 4.24. The molecule has 0 bridgehead atoms. The third-order valence-corrected chi connectivity index (χ3v) is 3.48. The summed E-state index contributed by atoms with van der Waals surface area (Å²) in [5, 5.41) is 29.5. The van der Waals surface area contributed by atoms with Crippen LogP contribution in [-0.4, -0.2) is 40.6 Å². The number of amides is 1. The molecule has 102 valence electrons. The van der Waals surface area contributed by atoms with Gasteiger partial charge in [-0.15, -0.1) is 11.8 Å². The third-order valence-electron chi connectivity index (χ3n) is 2.54. The summed E-state index contributed by atoms with van der Waals surface area (Å²) < 4.78 is 0. The Bertz CT molecular complexity index is 481. The van der Waals surface area contributed by atoms with Gasteiger partial charge >= 0.3 is 0 Å². The minimum atomic E-state index is -1.07. The number of carbonyl (C=O) groups is 1. The molecule has 0 aliphatic heterocycles. The van der Waals surface area contributed by atoms with Gasteiger partial charge in [-0.2, -0.15) is 5.26 Å². The molecule has 0 spiro atoms. The summed E-state index contributed by atoms with van der Waals surface area (Å²) in [4.78, 5) is 12.8. The zero-order valence-corrected chi connectivity index (χ0v) is 11.4. The van der Waals surface area contributed by atoms with E-state index in [4.69, 9.17) is 15.5 Å². The summed E-state index contributed by atoms with van der Waals surface area (Å²) in [6, 6.07) is 8.91. The zero-order chi connectivity index (χ0) is 14.3. The van der Waals surface area contributed by atoms with Gasteiger partial charge in [0.05, 0.1) is 36.1 Å². The molecule has 1 amide bonds. The molecule has 5 nitrogen and oxygen atoms in total. The molecule has 0 unspecified atom stereocenters. The minimum absolute atomic E-state index is 0.252. The SMILES string of the molecule is CC(CO)(CO)NC(=O)c1ccccc1SCC#N. The van der Waals surface area contributed by atoms with Crippen LogP contribution in [0.5, 0.6) is 0 Å². The second kappa shape index (κ2) is 7.14. The maximum atomic E-state index is 12.1. The molecule has 0 heterocycles. The highest BCUT2D eigenvalue weighted by atomic mass is 32.2. The summed E-state index contributed by atoms with van der Waals surface area (Å²) in [5.41, 5.74) is -0.639. The van der Waals surface area contributed by atoms with Gasteiger partial charge in [0.2, 0.25) is 0 Å². The van der Waals surface area contributed by atoms with Crippen LogP contribution in [0.2, 0.25) is 0 Å². The van der Waals surface area contributed by atoms with Gasteiger partial charge in [-0.1, -0.05) is 12.1 Å². The standard InChI is InChI=1S/C13H16N2O3S/c1-13(8-16,9-17)15-12(18)10-4-2-3-5-11(10)19-7-6-14/h2-5,16-17H,7-9H2,1H3,(H,15,18). The number of hydrogen-bond donors (Lipinski definition) is 3. The highest BCUT2D eigenvalue weighted by Gasteiger charge is 2.26. The first-order chi connectivity index (χ1) is 9.06. The van der Waals surface area contributed by atoms with E-state index >= 15 is 0 Å². The largest absolute Gasteiger partial charge is 0.394 e. The number of aliphatic hydroxyl groups is 2. The van der Waals surface area contributed by atoms with Crippen molar-refractivity contribution in [1.82, 2.24) is 5.32 Å². The average molecular weight is 280 g/mol. The Morgan fingerprint density at radius 3 is 2.63 bits per heavy atom. The fourth-order valence-electron chi connectivity index (χ4n) is 1.36. The van der Waals surface area contributed by atoms with Gasteiger partial charge in [-0.3, -0.25) is 4.79 Å². The number of nitrogens with one attached hydrogen (secondary N) is 1. The van der Waals surface area contributed by atoms with Gasteiger partial charge in [0, 0.05) is 4.90 Å². The molecule has 0 atom stereocenters. The van der Waals surface area contributed by atoms with E-state index in [1.165, 1.54) is 11.8 Å². The van der Waals surface area contributed by atoms with Gasteiger partial charge in [0.25, 0.3) is 5.91 Å². The number of rotatable bonds is 6. The normalized spacial score (nSPS) is 10.8. The van der Waals surface area contributed by atoms with Crippen LogP contribution in [0.3, 0.4) is 0 Å². The quantitative estimate of drug-likeness (QED) is 0.669. The van der Waals surface area contributed by atoms with Gasteiger partial charge in [-0.05, 0) is 19.1 Å². The maximum Gasteiger partial charge on any atom is 0.252 e. The first-order valence-electron chi connectivity index (χ1n) is 5.69. The second-order valence-corrected chi connectivity index (χ2v) is 5.29. The van der Waals surface area contributed by atoms with Crippen LogP contribution < -0.4 is 5.32 Å². The van der Waals surface area contributed by atoms with Crippen molar-refractivity contribution < 1.29 is 15.0 Å². The first-order valence-corrected chi connectivity index (χ1v) is 6.68. The molecular weight excluding hydrogens is 264 g/mol. The van der Waals surface area contributed by atoms with Gasteiger partial charge in [-0.25, -0.2) is 0 Å². The molecule has 0 saturated heterocycles. The summed E-state index contributed by atoms with van der Waals surface area (Å²) in [7, 11) is 0. The van der Waals surface area contributed by atoms with Crippen molar-refractivity contribution in [2.45, 2.75) is 17.4 Å². The van der Waals surface area contributed by atoms with Crippen molar-refractivity contribution in [2.75, 3.05) is 19.0 Å². The lowest BCUT2D eigenvalue weighted by atomic mass is 10.0. The van der Waals surface area contributed by atoms with Gasteiger partial charge in [0.1, 0.15) is 0 Å². The molecule has 0 fully saturated rings. The van der Waals surface area contributed by atoms with Crippen molar-refractivity contribution in [3.8, 4) is 6.07 Å². The lowest BCUT2D eigenvalue weighted by molar-refractivity contribution is 0.0721. The molecule has 6 heteroatoms. The van der Waals surface area contributed by atoms with Crippen LogP contribution in [0.4, 0.5) is 0 Å². The van der Waals surface area contributed by atoms with Crippen LogP contribution in [0.1, 0.15) is 17.3 Å². The van der Waals surface area contributed by atoms with Crippen LogP contribution in [0.25, 0.3) is 0 Å². The molecule has 3 N–H and O–H groups in total. The molecular formula is C13H16N2O3S. The Morgan fingerprint density at radius 2 is 2.05 bits per heavy atom. The van der Waals surface area contributed by atoms with E-state index in [0.29, 0.717) is 10.5 Å². The highest BCUT2D eigenvalue weighted by Crippen LogP contribution is 2.22. The Balaban J connectivity index is 2.91. The van der Waals surface area contributed by atoms with Crippen molar-refractivity contribution in [1.29, 1.82) is 5.26 Å². The Hall–Kier alpha value is -1.55. The molecule has 1 aromatic rings. The van der Waals surface area contributed by atoms with E-state index in [9.17, 15) is 4.79 Å².